The van der Waals surface area contributed by atoms with E-state index in [1.807, 2.05) is 6.07 Å². The van der Waals surface area contributed by atoms with Gasteiger partial charge in [0.05, 0.1) is 16.7 Å². The molecule has 2 rings (SSSR count). The Bertz CT molecular complexity index is 637. The molecule has 1 saturated heterocycles. The Balaban J connectivity index is 2.37. The van der Waals surface area contributed by atoms with Crippen LogP contribution in [0.5, 0.6) is 0 Å². The first-order chi connectivity index (χ1) is 9.45. The smallest absolute Gasteiger partial charge is 0.207 e. The third-order valence-corrected chi connectivity index (χ3v) is 6.03. The fourth-order valence-corrected chi connectivity index (χ4v) is 4.38. The summed E-state index contributed by atoms with van der Waals surface area (Å²) in [4.78, 5) is 0.0350. The first-order valence-electron chi connectivity index (χ1n) is 6.65. The summed E-state index contributed by atoms with van der Waals surface area (Å²) in [6, 6.07) is 6.29. The molecule has 108 valence electrons. The van der Waals surface area contributed by atoms with Gasteiger partial charge >= 0.3 is 0 Å². The summed E-state index contributed by atoms with van der Waals surface area (Å²) in [7, 11) is -3.62. The second-order valence-electron chi connectivity index (χ2n) is 5.20. The predicted octanol–water partition coefficient (Wildman–Crippen LogP) is 3.02. The maximum Gasteiger partial charge on any atom is 0.244 e. The van der Waals surface area contributed by atoms with Crippen molar-refractivity contribution in [2.24, 2.45) is 5.92 Å². The third-order valence-electron chi connectivity index (χ3n) is 3.65. The molecule has 1 aliphatic heterocycles. The molecular weight excluding hydrogens is 296 g/mol. The number of nitriles is 1. The Morgan fingerprint density at radius 3 is 2.80 bits per heavy atom. The zero-order valence-electron chi connectivity index (χ0n) is 11.3. The molecule has 0 amide bonds. The second-order valence-corrected chi connectivity index (χ2v) is 7.51. The van der Waals surface area contributed by atoms with Gasteiger partial charge < -0.3 is 0 Å². The lowest BCUT2D eigenvalue weighted by Crippen LogP contribution is -2.32. The molecule has 6 heteroatoms. The molecule has 1 aliphatic rings. The molecule has 0 N–H and O–H groups in total. The van der Waals surface area contributed by atoms with E-state index in [1.165, 1.54) is 22.5 Å². The molecule has 20 heavy (non-hydrogen) atoms. The Morgan fingerprint density at radius 2 is 2.10 bits per heavy atom. The fraction of sp³-hybridized carbons (Fsp3) is 0.500. The maximum atomic E-state index is 12.7. The lowest BCUT2D eigenvalue weighted by atomic mass is 10.0. The van der Waals surface area contributed by atoms with Crippen molar-refractivity contribution in [3.63, 3.8) is 0 Å². The minimum Gasteiger partial charge on any atom is -0.207 e. The Hall–Kier alpha value is -1.09. The lowest BCUT2D eigenvalue weighted by molar-refractivity contribution is 0.417. The van der Waals surface area contributed by atoms with Gasteiger partial charge in [-0.2, -0.15) is 9.57 Å². The highest BCUT2D eigenvalue weighted by molar-refractivity contribution is 7.89. The van der Waals surface area contributed by atoms with E-state index in [1.54, 1.807) is 0 Å². The quantitative estimate of drug-likeness (QED) is 0.843. The van der Waals surface area contributed by atoms with Crippen LogP contribution in [0.2, 0.25) is 5.02 Å². The van der Waals surface area contributed by atoms with E-state index in [4.69, 9.17) is 16.9 Å². The van der Waals surface area contributed by atoms with Gasteiger partial charge in [-0.25, -0.2) is 8.42 Å². The van der Waals surface area contributed by atoms with Crippen LogP contribution in [-0.4, -0.2) is 25.8 Å². The summed E-state index contributed by atoms with van der Waals surface area (Å²) in [6.45, 7) is 3.16. The molecule has 4 nitrogen and oxygen atoms in total. The molecule has 1 heterocycles. The van der Waals surface area contributed by atoms with Crippen molar-refractivity contribution in [1.29, 1.82) is 5.26 Å². The Kier molecular flexibility index (Phi) is 4.69. The van der Waals surface area contributed by atoms with Gasteiger partial charge in [0.15, 0.2) is 0 Å². The molecule has 0 spiro atoms. The normalized spacial score (nSPS) is 21.1. The van der Waals surface area contributed by atoms with E-state index >= 15 is 0 Å². The molecule has 0 saturated carbocycles. The van der Waals surface area contributed by atoms with Crippen LogP contribution in [0.4, 0.5) is 0 Å². The monoisotopic (exact) mass is 312 g/mol. The maximum absolute atomic E-state index is 12.7. The van der Waals surface area contributed by atoms with Crippen LogP contribution in [0.15, 0.2) is 23.1 Å². The molecule has 0 aliphatic carbocycles. The van der Waals surface area contributed by atoms with Crippen LogP contribution in [0, 0.1) is 17.2 Å². The van der Waals surface area contributed by atoms with Crippen molar-refractivity contribution in [1.82, 2.24) is 4.31 Å². The molecule has 1 fully saturated rings. The largest absolute Gasteiger partial charge is 0.244 e. The summed E-state index contributed by atoms with van der Waals surface area (Å²) in [5.74, 6) is 0.538. The number of halogens is 1. The molecular formula is C14H17ClN2O2S. The molecule has 0 aromatic heterocycles. The van der Waals surface area contributed by atoms with Gasteiger partial charge in [0.1, 0.15) is 4.90 Å². The van der Waals surface area contributed by atoms with Crippen LogP contribution in [-0.2, 0) is 10.0 Å². The van der Waals surface area contributed by atoms with Gasteiger partial charge in [0, 0.05) is 13.1 Å². The Labute approximate surface area is 125 Å². The van der Waals surface area contributed by atoms with Crippen LogP contribution < -0.4 is 0 Å². The van der Waals surface area contributed by atoms with Gasteiger partial charge in [-0.3, -0.25) is 0 Å². The van der Waals surface area contributed by atoms with Gasteiger partial charge in [0.2, 0.25) is 10.0 Å². The SMILES string of the molecule is CC1CCCN(S(=O)(=O)c2cc(C#N)ccc2Cl)CC1. The second kappa shape index (κ2) is 6.13. The van der Waals surface area contributed by atoms with E-state index in [2.05, 4.69) is 6.92 Å². The van der Waals surface area contributed by atoms with Gasteiger partial charge in [-0.1, -0.05) is 18.5 Å². The molecule has 1 aromatic carbocycles. The molecule has 0 bridgehead atoms. The fourth-order valence-electron chi connectivity index (χ4n) is 2.39. The van der Waals surface area contributed by atoms with E-state index in [9.17, 15) is 8.42 Å². The van der Waals surface area contributed by atoms with Crippen molar-refractivity contribution in [3.05, 3.63) is 28.8 Å². The third kappa shape index (κ3) is 3.14. The number of hydrogen-bond donors (Lipinski definition) is 0. The van der Waals surface area contributed by atoms with E-state index in [0.717, 1.165) is 19.3 Å². The highest BCUT2D eigenvalue weighted by Gasteiger charge is 2.28. The summed E-state index contributed by atoms with van der Waals surface area (Å²) in [5, 5.41) is 9.08. The summed E-state index contributed by atoms with van der Waals surface area (Å²) >= 11 is 6.01. The van der Waals surface area contributed by atoms with Crippen LogP contribution in [0.3, 0.4) is 0 Å². The topological polar surface area (TPSA) is 61.2 Å². The number of sulfonamides is 1. The average Bonchev–Trinajstić information content (AvgIpc) is 2.64. The molecule has 0 radical (unpaired) electrons. The van der Waals surface area contributed by atoms with Gasteiger partial charge in [0.25, 0.3) is 0 Å². The van der Waals surface area contributed by atoms with E-state index < -0.39 is 10.0 Å². The molecule has 1 unspecified atom stereocenters. The summed E-state index contributed by atoms with van der Waals surface area (Å²) < 4.78 is 26.8. The highest BCUT2D eigenvalue weighted by Crippen LogP contribution is 2.28. The standard InChI is InChI=1S/C14H17ClN2O2S/c1-11-3-2-7-17(8-6-11)20(18,19)14-9-12(10-16)4-5-13(14)15/h4-5,9,11H,2-3,6-8H2,1H3. The summed E-state index contributed by atoms with van der Waals surface area (Å²) in [5.41, 5.74) is 0.302. The van der Waals surface area contributed by atoms with E-state index in [-0.39, 0.29) is 9.92 Å². The van der Waals surface area contributed by atoms with Crippen molar-refractivity contribution < 1.29 is 8.42 Å². The minimum atomic E-state index is -3.62. The predicted molar refractivity (Wildman–Crippen MR) is 77.9 cm³/mol. The average molecular weight is 313 g/mol. The lowest BCUT2D eigenvalue weighted by Gasteiger charge is -2.20. The number of nitrogens with zero attached hydrogens (tertiary/aromatic N) is 2. The first-order valence-corrected chi connectivity index (χ1v) is 8.46. The van der Waals surface area contributed by atoms with Crippen LogP contribution in [0.25, 0.3) is 0 Å². The van der Waals surface area contributed by atoms with E-state index in [0.29, 0.717) is 24.6 Å². The van der Waals surface area contributed by atoms with Crippen molar-refractivity contribution in [2.75, 3.05) is 13.1 Å². The molecule has 1 atom stereocenters. The zero-order chi connectivity index (χ0) is 14.8. The van der Waals surface area contributed by atoms with Gasteiger partial charge in [-0.15, -0.1) is 0 Å². The zero-order valence-corrected chi connectivity index (χ0v) is 12.9. The summed E-state index contributed by atoms with van der Waals surface area (Å²) in [6.07, 6.45) is 2.75. The number of rotatable bonds is 2. The van der Waals surface area contributed by atoms with Crippen molar-refractivity contribution in [2.45, 2.75) is 31.1 Å². The van der Waals surface area contributed by atoms with Crippen molar-refractivity contribution >= 4 is 21.6 Å². The van der Waals surface area contributed by atoms with Gasteiger partial charge in [-0.05, 0) is 43.4 Å². The minimum absolute atomic E-state index is 0.0350. The first kappa shape index (κ1) is 15.3. The number of hydrogen-bond acceptors (Lipinski definition) is 3. The van der Waals surface area contributed by atoms with Crippen LogP contribution in [0.1, 0.15) is 31.7 Å². The number of benzene rings is 1. The Morgan fingerprint density at radius 1 is 1.35 bits per heavy atom. The highest BCUT2D eigenvalue weighted by atomic mass is 35.5. The molecule has 1 aromatic rings. The van der Waals surface area contributed by atoms with Crippen molar-refractivity contribution in [3.8, 4) is 6.07 Å². The van der Waals surface area contributed by atoms with Crippen LogP contribution >= 0.6 is 11.6 Å².